The predicted octanol–water partition coefficient (Wildman–Crippen LogP) is 3.75. The number of carbonyl (C=O) groups excluding carboxylic acids is 1. The molecule has 1 aromatic carbocycles. The zero-order chi connectivity index (χ0) is 24.5. The maximum atomic E-state index is 12.4. The minimum atomic E-state index is -0.0880. The zero-order valence-corrected chi connectivity index (χ0v) is 21.5. The molecule has 1 heterocycles. The third-order valence-corrected chi connectivity index (χ3v) is 6.18. The number of benzene rings is 1. The van der Waals surface area contributed by atoms with Crippen LogP contribution in [0.25, 0.3) is 0 Å². The fourth-order valence-corrected chi connectivity index (χ4v) is 3.58. The first-order valence-electron chi connectivity index (χ1n) is 11.5. The summed E-state index contributed by atoms with van der Waals surface area (Å²) in [6.07, 6.45) is 5.77. The summed E-state index contributed by atoms with van der Waals surface area (Å²) >= 11 is 3.48. The average molecular weight is 529 g/mol. The molecule has 182 valence electrons. The van der Waals surface area contributed by atoms with Gasteiger partial charge in [-0.05, 0) is 78.1 Å². The number of carbonyl (C=O) groups is 1. The largest absolute Gasteiger partial charge is 0.402 e. The van der Waals surface area contributed by atoms with Crippen LogP contribution in [0.5, 0.6) is 0 Å². The van der Waals surface area contributed by atoms with Gasteiger partial charge in [-0.25, -0.2) is 4.98 Å². The van der Waals surface area contributed by atoms with Crippen LogP contribution in [0.4, 0.5) is 17.5 Å². The lowest BCUT2D eigenvalue weighted by atomic mass is 10.2. The second kappa shape index (κ2) is 12.5. The van der Waals surface area contributed by atoms with Crippen LogP contribution in [0.1, 0.15) is 37.0 Å². The Hall–Kier alpha value is -2.98. The molecule has 3 rings (SSSR count). The summed E-state index contributed by atoms with van der Waals surface area (Å²) in [5.41, 5.74) is 8.32. The molecule has 9 nitrogen and oxygen atoms in total. The van der Waals surface area contributed by atoms with Crippen molar-refractivity contribution < 1.29 is 4.79 Å². The van der Waals surface area contributed by atoms with E-state index in [-0.39, 0.29) is 5.91 Å². The van der Waals surface area contributed by atoms with Crippen LogP contribution in [0.15, 0.2) is 51.7 Å². The van der Waals surface area contributed by atoms with Gasteiger partial charge in [0.05, 0.1) is 4.47 Å². The van der Waals surface area contributed by atoms with Gasteiger partial charge >= 0.3 is 0 Å². The van der Waals surface area contributed by atoms with E-state index in [4.69, 9.17) is 5.73 Å². The average Bonchev–Trinajstić information content (AvgIpc) is 3.69. The van der Waals surface area contributed by atoms with Crippen molar-refractivity contribution in [1.29, 1.82) is 0 Å². The smallest absolute Gasteiger partial charge is 0.251 e. The van der Waals surface area contributed by atoms with E-state index in [1.165, 1.54) is 0 Å². The van der Waals surface area contributed by atoms with E-state index in [0.717, 1.165) is 43.9 Å². The van der Waals surface area contributed by atoms with Gasteiger partial charge in [-0.1, -0.05) is 13.8 Å². The highest BCUT2D eigenvalue weighted by molar-refractivity contribution is 9.10. The van der Waals surface area contributed by atoms with Gasteiger partial charge in [-0.2, -0.15) is 4.98 Å². The summed E-state index contributed by atoms with van der Waals surface area (Å²) < 4.78 is 0.703. The molecule has 2 aromatic rings. The third kappa shape index (κ3) is 7.53. The molecule has 0 spiro atoms. The van der Waals surface area contributed by atoms with E-state index in [1.54, 1.807) is 25.4 Å². The number of hydrogen-bond acceptors (Lipinski definition) is 7. The monoisotopic (exact) mass is 528 g/mol. The second-order valence-electron chi connectivity index (χ2n) is 8.03. The Balaban J connectivity index is 1.60. The molecule has 1 amide bonds. The standard InChI is InChI=1S/C24H33BrN8O/c1-4-33(5-2)13-12-28-23(34)17-8-10-18(11-9-17)30-24-29-15-19(25)22(32-24)31-21(27-3)14-20(26)16-6-7-16/h8-11,14-16H,4-7,12-13,26H2,1-3H3,(H,28,34)(H2,27,29,30,31,32). The fourth-order valence-electron chi connectivity index (χ4n) is 3.29. The van der Waals surface area contributed by atoms with Crippen molar-refractivity contribution in [3.63, 3.8) is 0 Å². The van der Waals surface area contributed by atoms with E-state index >= 15 is 0 Å². The number of allylic oxidation sites excluding steroid dienone is 1. The lowest BCUT2D eigenvalue weighted by Crippen LogP contribution is -2.34. The number of nitrogens with zero attached hydrogens (tertiary/aromatic N) is 4. The van der Waals surface area contributed by atoms with Crippen LogP contribution in [-0.4, -0.2) is 59.8 Å². The number of hydrogen-bond donors (Lipinski definition) is 4. The first-order chi connectivity index (χ1) is 16.4. The number of aromatic nitrogens is 2. The normalized spacial score (nSPS) is 14.3. The number of amides is 1. The summed E-state index contributed by atoms with van der Waals surface area (Å²) in [5.74, 6) is 1.98. The topological polar surface area (TPSA) is 121 Å². The summed E-state index contributed by atoms with van der Waals surface area (Å²) in [4.78, 5) is 27.8. The molecule has 0 bridgehead atoms. The lowest BCUT2D eigenvalue weighted by Gasteiger charge is -2.18. The number of amidine groups is 1. The molecular formula is C24H33BrN8O. The molecule has 1 fully saturated rings. The van der Waals surface area contributed by atoms with Gasteiger partial charge in [-0.3, -0.25) is 9.79 Å². The SMILES string of the molecule is CCN(CC)CCNC(=O)c1ccc(Nc2ncc(Br)c(NC(C=C(N)C3CC3)=NC)n2)cc1. The Labute approximate surface area is 209 Å². The summed E-state index contributed by atoms with van der Waals surface area (Å²) in [6, 6.07) is 7.21. The minimum Gasteiger partial charge on any atom is -0.402 e. The molecule has 5 N–H and O–H groups in total. The molecule has 0 saturated heterocycles. The highest BCUT2D eigenvalue weighted by Crippen LogP contribution is 2.33. The number of nitrogens with one attached hydrogen (secondary N) is 3. The Bertz CT molecular complexity index is 1030. The van der Waals surface area contributed by atoms with E-state index in [2.05, 4.69) is 65.6 Å². The third-order valence-electron chi connectivity index (χ3n) is 5.59. The number of rotatable bonds is 11. The highest BCUT2D eigenvalue weighted by Gasteiger charge is 2.24. The number of likely N-dealkylation sites (N-methyl/N-ethyl adjacent to an activating group) is 1. The Morgan fingerprint density at radius 2 is 1.97 bits per heavy atom. The molecule has 0 unspecified atom stereocenters. The van der Waals surface area contributed by atoms with Crippen LogP contribution in [-0.2, 0) is 0 Å². The van der Waals surface area contributed by atoms with Crippen molar-refractivity contribution in [3.05, 3.63) is 52.3 Å². The van der Waals surface area contributed by atoms with Gasteiger partial charge in [0, 0.05) is 43.3 Å². The van der Waals surface area contributed by atoms with Crippen LogP contribution in [0.2, 0.25) is 0 Å². The van der Waals surface area contributed by atoms with Crippen LogP contribution in [0.3, 0.4) is 0 Å². The fraction of sp³-hybridized carbons (Fsp3) is 0.417. The van der Waals surface area contributed by atoms with E-state index < -0.39 is 0 Å². The zero-order valence-electron chi connectivity index (χ0n) is 19.9. The van der Waals surface area contributed by atoms with Gasteiger partial charge in [-0.15, -0.1) is 0 Å². The predicted molar refractivity (Wildman–Crippen MR) is 142 cm³/mol. The minimum absolute atomic E-state index is 0.0880. The van der Waals surface area contributed by atoms with Crippen LogP contribution in [0, 0.1) is 5.92 Å². The summed E-state index contributed by atoms with van der Waals surface area (Å²) in [7, 11) is 1.70. The first-order valence-corrected chi connectivity index (χ1v) is 12.3. The van der Waals surface area contributed by atoms with E-state index in [9.17, 15) is 4.79 Å². The summed E-state index contributed by atoms with van der Waals surface area (Å²) in [5, 5.41) is 9.33. The molecule has 1 saturated carbocycles. The first kappa shape index (κ1) is 25.6. The molecule has 1 aliphatic carbocycles. The van der Waals surface area contributed by atoms with Crippen molar-refractivity contribution in [1.82, 2.24) is 20.2 Å². The summed E-state index contributed by atoms with van der Waals surface area (Å²) in [6.45, 7) is 7.63. The van der Waals surface area contributed by atoms with Crippen LogP contribution < -0.4 is 21.7 Å². The molecule has 1 aromatic heterocycles. The Morgan fingerprint density at radius 1 is 1.26 bits per heavy atom. The molecule has 0 atom stereocenters. The Kier molecular flexibility index (Phi) is 9.41. The molecular weight excluding hydrogens is 496 g/mol. The van der Waals surface area contributed by atoms with Crippen molar-refractivity contribution in [2.45, 2.75) is 26.7 Å². The van der Waals surface area contributed by atoms with Crippen molar-refractivity contribution in [3.8, 4) is 0 Å². The molecule has 1 aliphatic rings. The van der Waals surface area contributed by atoms with Gasteiger partial charge in [0.2, 0.25) is 5.95 Å². The van der Waals surface area contributed by atoms with Crippen molar-refractivity contribution in [2.24, 2.45) is 16.6 Å². The Morgan fingerprint density at radius 3 is 2.59 bits per heavy atom. The molecule has 0 aliphatic heterocycles. The van der Waals surface area contributed by atoms with Crippen molar-refractivity contribution in [2.75, 3.05) is 43.9 Å². The quantitative estimate of drug-likeness (QED) is 0.259. The number of nitrogens with two attached hydrogens (primary N) is 1. The van der Waals surface area contributed by atoms with Gasteiger partial charge < -0.3 is 26.6 Å². The van der Waals surface area contributed by atoms with E-state index in [0.29, 0.717) is 40.1 Å². The van der Waals surface area contributed by atoms with Crippen molar-refractivity contribution >= 4 is 45.1 Å². The molecule has 0 radical (unpaired) electrons. The lowest BCUT2D eigenvalue weighted by molar-refractivity contribution is 0.0949. The van der Waals surface area contributed by atoms with Gasteiger partial charge in [0.1, 0.15) is 5.84 Å². The number of halogens is 1. The second-order valence-corrected chi connectivity index (χ2v) is 8.88. The highest BCUT2D eigenvalue weighted by atomic mass is 79.9. The molecule has 10 heteroatoms. The molecule has 34 heavy (non-hydrogen) atoms. The van der Waals surface area contributed by atoms with Gasteiger partial charge in [0.25, 0.3) is 5.91 Å². The van der Waals surface area contributed by atoms with Gasteiger partial charge in [0.15, 0.2) is 5.82 Å². The van der Waals surface area contributed by atoms with E-state index in [1.807, 2.05) is 18.2 Å². The number of anilines is 3. The maximum Gasteiger partial charge on any atom is 0.251 e. The number of aliphatic imine (C=N–C) groups is 1. The maximum absolute atomic E-state index is 12.4. The van der Waals surface area contributed by atoms with Crippen LogP contribution >= 0.6 is 15.9 Å².